The largest absolute Gasteiger partial charge is 0.368 e. The Bertz CT molecular complexity index is 724. The van der Waals surface area contributed by atoms with Crippen molar-refractivity contribution in [2.45, 2.75) is 45.6 Å². The molecule has 138 valence electrons. The van der Waals surface area contributed by atoms with Gasteiger partial charge in [-0.15, -0.1) is 0 Å². The Morgan fingerprint density at radius 1 is 0.885 bits per heavy atom. The molecule has 0 spiro atoms. The summed E-state index contributed by atoms with van der Waals surface area (Å²) >= 11 is 0. The van der Waals surface area contributed by atoms with Gasteiger partial charge in [-0.25, -0.2) is 0 Å². The zero-order valence-electron chi connectivity index (χ0n) is 15.7. The zero-order chi connectivity index (χ0) is 19.1. The first-order chi connectivity index (χ1) is 12.4. The molecule has 0 aliphatic heterocycles. The lowest BCUT2D eigenvalue weighted by atomic mass is 9.95. The van der Waals surface area contributed by atoms with Crippen LogP contribution in [0.5, 0.6) is 0 Å². The maximum absolute atomic E-state index is 12.6. The van der Waals surface area contributed by atoms with E-state index in [9.17, 15) is 9.59 Å². The normalized spacial score (nSPS) is 13.2. The number of hydrogen-bond donors (Lipinski definition) is 2. The minimum Gasteiger partial charge on any atom is -0.368 e. The highest BCUT2D eigenvalue weighted by molar-refractivity contribution is 5.89. The molecule has 2 aromatic carbocycles. The summed E-state index contributed by atoms with van der Waals surface area (Å²) < 4.78 is 0. The number of nitrogens with two attached hydrogens (primary N) is 1. The Hall–Kier alpha value is -2.62. The van der Waals surface area contributed by atoms with Crippen LogP contribution in [-0.4, -0.2) is 17.9 Å². The number of nitrogens with one attached hydrogen (secondary N) is 1. The zero-order valence-corrected chi connectivity index (χ0v) is 15.7. The number of carbonyl (C=O) groups excluding carboxylic acids is 2. The molecule has 2 atom stereocenters. The van der Waals surface area contributed by atoms with Crippen LogP contribution >= 0.6 is 0 Å². The Morgan fingerprint density at radius 2 is 1.46 bits per heavy atom. The van der Waals surface area contributed by atoms with E-state index < -0.39 is 11.9 Å². The van der Waals surface area contributed by atoms with Gasteiger partial charge in [0.05, 0.1) is 5.92 Å². The Balaban J connectivity index is 2.02. The maximum Gasteiger partial charge on any atom is 0.240 e. The third kappa shape index (κ3) is 5.73. The molecule has 4 nitrogen and oxygen atoms in total. The van der Waals surface area contributed by atoms with Crippen molar-refractivity contribution in [1.82, 2.24) is 5.32 Å². The van der Waals surface area contributed by atoms with E-state index in [4.69, 9.17) is 5.73 Å². The molecule has 2 aromatic rings. The van der Waals surface area contributed by atoms with Crippen LogP contribution in [0.25, 0.3) is 0 Å². The third-order valence-electron chi connectivity index (χ3n) is 4.46. The lowest BCUT2D eigenvalue weighted by Gasteiger charge is -2.19. The summed E-state index contributed by atoms with van der Waals surface area (Å²) in [5.74, 6) is -0.473. The summed E-state index contributed by atoms with van der Waals surface area (Å²) in [6, 6.07) is 16.9. The molecule has 0 saturated carbocycles. The van der Waals surface area contributed by atoms with Crippen molar-refractivity contribution in [3.8, 4) is 0 Å². The Morgan fingerprint density at radius 3 is 2.00 bits per heavy atom. The molecule has 0 bridgehead atoms. The monoisotopic (exact) mass is 352 g/mol. The maximum atomic E-state index is 12.6. The fraction of sp³-hybridized carbons (Fsp3) is 0.364. The van der Waals surface area contributed by atoms with Crippen LogP contribution in [0.3, 0.4) is 0 Å². The van der Waals surface area contributed by atoms with Crippen LogP contribution in [0.15, 0.2) is 54.6 Å². The second-order valence-corrected chi connectivity index (χ2v) is 7.21. The fourth-order valence-corrected chi connectivity index (χ4v) is 2.93. The van der Waals surface area contributed by atoms with E-state index in [1.165, 1.54) is 5.56 Å². The third-order valence-corrected chi connectivity index (χ3v) is 4.46. The van der Waals surface area contributed by atoms with Crippen molar-refractivity contribution >= 4 is 11.8 Å². The average molecular weight is 352 g/mol. The number of carbonyl (C=O) groups is 2. The molecule has 3 N–H and O–H groups in total. The summed E-state index contributed by atoms with van der Waals surface area (Å²) in [5.41, 5.74) is 8.63. The SMILES string of the molecule is CC(C)Cc1ccc([C@@H](C)C(=O)N[C@H](Cc2ccccc2)C(N)=O)cc1. The standard InChI is InChI=1S/C22H28N2O2/c1-15(2)13-18-9-11-19(12-10-18)16(3)22(26)24-20(21(23)25)14-17-7-5-4-6-8-17/h4-12,15-16,20H,13-14H2,1-3H3,(H2,23,25)(H,24,26)/t16-,20-/m1/s1. The molecule has 0 fully saturated rings. The topological polar surface area (TPSA) is 72.2 Å². The first-order valence-corrected chi connectivity index (χ1v) is 9.09. The predicted molar refractivity (Wildman–Crippen MR) is 105 cm³/mol. The van der Waals surface area contributed by atoms with E-state index in [1.807, 2.05) is 49.4 Å². The van der Waals surface area contributed by atoms with Crippen LogP contribution in [0.4, 0.5) is 0 Å². The summed E-state index contributed by atoms with van der Waals surface area (Å²) in [4.78, 5) is 24.3. The van der Waals surface area contributed by atoms with Gasteiger partial charge in [-0.1, -0.05) is 68.4 Å². The van der Waals surface area contributed by atoms with Crippen LogP contribution in [-0.2, 0) is 22.4 Å². The smallest absolute Gasteiger partial charge is 0.240 e. The first kappa shape index (κ1) is 19.7. The predicted octanol–water partition coefficient (Wildman–Crippen LogP) is 3.20. The summed E-state index contributed by atoms with van der Waals surface area (Å²) in [5, 5.41) is 2.80. The van der Waals surface area contributed by atoms with Gasteiger partial charge in [0.15, 0.2) is 0 Å². The van der Waals surface area contributed by atoms with E-state index in [0.717, 1.165) is 17.5 Å². The second-order valence-electron chi connectivity index (χ2n) is 7.21. The van der Waals surface area contributed by atoms with E-state index in [0.29, 0.717) is 12.3 Å². The molecule has 26 heavy (non-hydrogen) atoms. The molecule has 0 aromatic heterocycles. The van der Waals surface area contributed by atoms with Crippen LogP contribution in [0.2, 0.25) is 0 Å². The number of amides is 2. The second kappa shape index (κ2) is 9.18. The van der Waals surface area contributed by atoms with Crippen molar-refractivity contribution in [2.75, 3.05) is 0 Å². The molecule has 0 radical (unpaired) electrons. The van der Waals surface area contributed by atoms with Crippen molar-refractivity contribution in [2.24, 2.45) is 11.7 Å². The molecule has 4 heteroatoms. The van der Waals surface area contributed by atoms with E-state index in [-0.39, 0.29) is 11.8 Å². The average Bonchev–Trinajstić information content (AvgIpc) is 2.61. The summed E-state index contributed by atoms with van der Waals surface area (Å²) in [6.45, 7) is 6.20. The molecule has 2 rings (SSSR count). The van der Waals surface area contributed by atoms with Gasteiger partial charge in [0, 0.05) is 6.42 Å². The van der Waals surface area contributed by atoms with Crippen molar-refractivity contribution in [1.29, 1.82) is 0 Å². The van der Waals surface area contributed by atoms with Crippen LogP contribution in [0, 0.1) is 5.92 Å². The van der Waals surface area contributed by atoms with Crippen LogP contribution < -0.4 is 11.1 Å². The molecule has 0 aliphatic rings. The molecule has 0 unspecified atom stereocenters. The van der Waals surface area contributed by atoms with Gasteiger partial charge >= 0.3 is 0 Å². The van der Waals surface area contributed by atoms with Gasteiger partial charge in [-0.3, -0.25) is 9.59 Å². The van der Waals surface area contributed by atoms with E-state index in [1.54, 1.807) is 0 Å². The Labute approximate surface area is 155 Å². The highest BCUT2D eigenvalue weighted by atomic mass is 16.2. The highest BCUT2D eigenvalue weighted by Crippen LogP contribution is 2.18. The molecule has 0 heterocycles. The van der Waals surface area contributed by atoms with Crippen molar-refractivity contribution in [3.05, 3.63) is 71.3 Å². The van der Waals surface area contributed by atoms with Gasteiger partial charge in [-0.05, 0) is 36.0 Å². The lowest BCUT2D eigenvalue weighted by Crippen LogP contribution is -2.47. The summed E-state index contributed by atoms with van der Waals surface area (Å²) in [6.07, 6.45) is 1.41. The number of rotatable bonds is 8. The van der Waals surface area contributed by atoms with Crippen LogP contribution in [0.1, 0.15) is 43.4 Å². The molecular formula is C22H28N2O2. The minimum absolute atomic E-state index is 0.193. The number of hydrogen-bond acceptors (Lipinski definition) is 2. The lowest BCUT2D eigenvalue weighted by molar-refractivity contribution is -0.128. The Kier molecular flexibility index (Phi) is 6.96. The first-order valence-electron chi connectivity index (χ1n) is 9.09. The molecule has 0 aliphatic carbocycles. The van der Waals surface area contributed by atoms with Gasteiger partial charge in [0.25, 0.3) is 0 Å². The highest BCUT2D eigenvalue weighted by Gasteiger charge is 2.22. The molecule has 2 amide bonds. The van der Waals surface area contributed by atoms with Gasteiger partial charge in [0.2, 0.25) is 11.8 Å². The quantitative estimate of drug-likeness (QED) is 0.766. The van der Waals surface area contributed by atoms with Gasteiger partial charge < -0.3 is 11.1 Å². The fourth-order valence-electron chi connectivity index (χ4n) is 2.93. The van der Waals surface area contributed by atoms with Crippen molar-refractivity contribution < 1.29 is 9.59 Å². The van der Waals surface area contributed by atoms with Gasteiger partial charge in [0.1, 0.15) is 6.04 Å². The van der Waals surface area contributed by atoms with Gasteiger partial charge in [-0.2, -0.15) is 0 Å². The molecule has 0 saturated heterocycles. The number of primary amides is 1. The van der Waals surface area contributed by atoms with Crippen molar-refractivity contribution in [3.63, 3.8) is 0 Å². The number of benzene rings is 2. The minimum atomic E-state index is -0.715. The van der Waals surface area contributed by atoms with E-state index >= 15 is 0 Å². The molecular weight excluding hydrogens is 324 g/mol. The summed E-state index contributed by atoms with van der Waals surface area (Å²) in [7, 11) is 0. The van der Waals surface area contributed by atoms with E-state index in [2.05, 4.69) is 31.3 Å².